The van der Waals surface area contributed by atoms with Crippen LogP contribution < -0.4 is 5.32 Å². The van der Waals surface area contributed by atoms with Crippen molar-refractivity contribution in [3.63, 3.8) is 0 Å². The number of benzene rings is 2. The molecule has 1 amide bonds. The summed E-state index contributed by atoms with van der Waals surface area (Å²) in [6.07, 6.45) is 0.539. The van der Waals surface area contributed by atoms with E-state index in [1.165, 1.54) is 18.2 Å². The van der Waals surface area contributed by atoms with Crippen molar-refractivity contribution in [1.29, 1.82) is 0 Å². The smallest absolute Gasteiger partial charge is 0.290 e. The van der Waals surface area contributed by atoms with Crippen LogP contribution in [0.5, 0.6) is 0 Å². The first-order valence-electron chi connectivity index (χ1n) is 8.53. The molecule has 140 valence electrons. The van der Waals surface area contributed by atoms with Crippen molar-refractivity contribution < 1.29 is 18.2 Å². The molecule has 2 heterocycles. The fourth-order valence-electron chi connectivity index (χ4n) is 2.62. The molecule has 28 heavy (non-hydrogen) atoms. The van der Waals surface area contributed by atoms with Gasteiger partial charge in [-0.2, -0.15) is 4.98 Å². The van der Waals surface area contributed by atoms with Crippen LogP contribution in [0.4, 0.5) is 4.39 Å². The average molecular weight is 378 g/mol. The quantitative estimate of drug-likeness (QED) is 0.553. The van der Waals surface area contributed by atoms with Gasteiger partial charge in [0.2, 0.25) is 11.7 Å². The standard InChI is InChI=1S/C20H15FN4O3/c21-15-8-4-7-14(10-15)16-11-17(27-24-16)20(26)22-12-19-23-18(25-28-19)9-13-5-2-1-3-6-13/h1-8,10-11H,9,12H2,(H,22,26). The summed E-state index contributed by atoms with van der Waals surface area (Å²) in [4.78, 5) is 16.5. The lowest BCUT2D eigenvalue weighted by molar-refractivity contribution is 0.0909. The van der Waals surface area contributed by atoms with E-state index in [-0.39, 0.29) is 18.2 Å². The number of amides is 1. The van der Waals surface area contributed by atoms with Crippen molar-refractivity contribution in [1.82, 2.24) is 20.6 Å². The molecule has 2 aromatic carbocycles. The topological polar surface area (TPSA) is 94.1 Å². The van der Waals surface area contributed by atoms with Gasteiger partial charge in [0.1, 0.15) is 11.5 Å². The Labute approximate surface area is 159 Å². The lowest BCUT2D eigenvalue weighted by atomic mass is 10.1. The van der Waals surface area contributed by atoms with Gasteiger partial charge in [0, 0.05) is 18.1 Å². The highest BCUT2D eigenvalue weighted by atomic mass is 19.1. The summed E-state index contributed by atoms with van der Waals surface area (Å²) in [5, 5.41) is 10.3. The Hall–Kier alpha value is -3.81. The highest BCUT2D eigenvalue weighted by Gasteiger charge is 2.16. The van der Waals surface area contributed by atoms with Crippen LogP contribution >= 0.6 is 0 Å². The predicted molar refractivity (Wildman–Crippen MR) is 96.6 cm³/mol. The van der Waals surface area contributed by atoms with Crippen molar-refractivity contribution >= 4 is 5.91 Å². The van der Waals surface area contributed by atoms with Crippen LogP contribution in [0.15, 0.2) is 69.7 Å². The van der Waals surface area contributed by atoms with Gasteiger partial charge in [-0.3, -0.25) is 4.79 Å². The van der Waals surface area contributed by atoms with Gasteiger partial charge in [0.15, 0.2) is 5.82 Å². The summed E-state index contributed by atoms with van der Waals surface area (Å²) in [5.41, 5.74) is 1.95. The van der Waals surface area contributed by atoms with Gasteiger partial charge in [-0.05, 0) is 17.7 Å². The van der Waals surface area contributed by atoms with E-state index in [9.17, 15) is 9.18 Å². The average Bonchev–Trinajstić information content (AvgIpc) is 3.37. The minimum atomic E-state index is -0.488. The molecule has 0 saturated carbocycles. The van der Waals surface area contributed by atoms with Gasteiger partial charge < -0.3 is 14.4 Å². The van der Waals surface area contributed by atoms with Gasteiger partial charge in [-0.15, -0.1) is 0 Å². The van der Waals surface area contributed by atoms with Crippen LogP contribution in [-0.4, -0.2) is 21.2 Å². The van der Waals surface area contributed by atoms with E-state index in [1.54, 1.807) is 12.1 Å². The van der Waals surface area contributed by atoms with Crippen LogP contribution in [0.3, 0.4) is 0 Å². The molecule has 0 unspecified atom stereocenters. The number of nitrogens with one attached hydrogen (secondary N) is 1. The predicted octanol–water partition coefficient (Wildman–Crippen LogP) is 3.38. The monoisotopic (exact) mass is 378 g/mol. The lowest BCUT2D eigenvalue weighted by Crippen LogP contribution is -2.22. The first kappa shape index (κ1) is 17.6. The summed E-state index contributed by atoms with van der Waals surface area (Å²) >= 11 is 0. The molecule has 8 heteroatoms. The summed E-state index contributed by atoms with van der Waals surface area (Å²) in [7, 11) is 0. The second kappa shape index (κ2) is 7.83. The van der Waals surface area contributed by atoms with Gasteiger partial charge in [-0.25, -0.2) is 4.39 Å². The molecule has 0 saturated heterocycles. The molecular formula is C20H15FN4O3. The zero-order valence-electron chi connectivity index (χ0n) is 14.6. The Morgan fingerprint density at radius 1 is 1.00 bits per heavy atom. The number of carbonyl (C=O) groups is 1. The minimum Gasteiger partial charge on any atom is -0.350 e. The molecule has 0 aliphatic rings. The molecule has 0 aliphatic heterocycles. The summed E-state index contributed by atoms with van der Waals surface area (Å²) in [6, 6.07) is 17.1. The third-order valence-electron chi connectivity index (χ3n) is 3.97. The zero-order valence-corrected chi connectivity index (χ0v) is 14.6. The number of nitrogens with zero attached hydrogens (tertiary/aromatic N) is 3. The maximum Gasteiger partial charge on any atom is 0.290 e. The molecule has 0 fully saturated rings. The number of rotatable bonds is 6. The molecule has 0 spiro atoms. The molecular weight excluding hydrogens is 363 g/mol. The number of carbonyl (C=O) groups excluding carboxylic acids is 1. The van der Waals surface area contributed by atoms with Crippen molar-refractivity contribution in [2.24, 2.45) is 0 Å². The fourth-order valence-corrected chi connectivity index (χ4v) is 2.62. The number of hydrogen-bond acceptors (Lipinski definition) is 6. The largest absolute Gasteiger partial charge is 0.350 e. The zero-order chi connectivity index (χ0) is 19.3. The van der Waals surface area contributed by atoms with Crippen molar-refractivity contribution in [3.05, 3.63) is 89.5 Å². The van der Waals surface area contributed by atoms with E-state index in [4.69, 9.17) is 9.05 Å². The first-order valence-corrected chi connectivity index (χ1v) is 8.53. The summed E-state index contributed by atoms with van der Waals surface area (Å²) in [5.74, 6) is -0.0666. The third kappa shape index (κ3) is 4.12. The SMILES string of the molecule is O=C(NCc1nc(Cc2ccccc2)no1)c1cc(-c2cccc(F)c2)no1. The lowest BCUT2D eigenvalue weighted by Gasteiger charge is -1.97. The van der Waals surface area contributed by atoms with E-state index in [0.717, 1.165) is 5.56 Å². The number of halogens is 1. The van der Waals surface area contributed by atoms with Gasteiger partial charge in [0.25, 0.3) is 5.91 Å². The fraction of sp³-hybridized carbons (Fsp3) is 0.100. The van der Waals surface area contributed by atoms with Crippen molar-refractivity contribution in [3.8, 4) is 11.3 Å². The molecule has 0 radical (unpaired) electrons. The molecule has 0 aliphatic carbocycles. The summed E-state index contributed by atoms with van der Waals surface area (Å²) in [6.45, 7) is 0.0522. The van der Waals surface area contributed by atoms with Crippen LogP contribution in [-0.2, 0) is 13.0 Å². The Kier molecular flexibility index (Phi) is 4.92. The second-order valence-electron chi connectivity index (χ2n) is 6.04. The maximum absolute atomic E-state index is 13.3. The molecule has 7 nitrogen and oxygen atoms in total. The molecule has 0 atom stereocenters. The number of hydrogen-bond donors (Lipinski definition) is 1. The molecule has 0 bridgehead atoms. The summed E-state index contributed by atoms with van der Waals surface area (Å²) < 4.78 is 23.5. The Morgan fingerprint density at radius 2 is 1.86 bits per heavy atom. The van der Waals surface area contributed by atoms with Gasteiger partial charge >= 0.3 is 0 Å². The van der Waals surface area contributed by atoms with E-state index in [0.29, 0.717) is 23.5 Å². The first-order chi connectivity index (χ1) is 13.7. The molecule has 2 aromatic heterocycles. The van der Waals surface area contributed by atoms with E-state index in [2.05, 4.69) is 20.6 Å². The van der Waals surface area contributed by atoms with Crippen LogP contribution in [0.2, 0.25) is 0 Å². The maximum atomic E-state index is 13.3. The highest BCUT2D eigenvalue weighted by Crippen LogP contribution is 2.20. The second-order valence-corrected chi connectivity index (χ2v) is 6.04. The minimum absolute atomic E-state index is 0.00304. The normalized spacial score (nSPS) is 10.8. The molecule has 4 rings (SSSR count). The van der Waals surface area contributed by atoms with Crippen LogP contribution in [0.1, 0.15) is 27.8 Å². The van der Waals surface area contributed by atoms with Crippen molar-refractivity contribution in [2.75, 3.05) is 0 Å². The third-order valence-corrected chi connectivity index (χ3v) is 3.97. The molecule has 4 aromatic rings. The van der Waals surface area contributed by atoms with Crippen LogP contribution in [0.25, 0.3) is 11.3 Å². The van der Waals surface area contributed by atoms with E-state index < -0.39 is 11.7 Å². The highest BCUT2D eigenvalue weighted by molar-refractivity contribution is 5.92. The molecule has 1 N–H and O–H groups in total. The van der Waals surface area contributed by atoms with Crippen LogP contribution in [0, 0.1) is 5.82 Å². The Balaban J connectivity index is 1.36. The van der Waals surface area contributed by atoms with E-state index >= 15 is 0 Å². The van der Waals surface area contributed by atoms with Crippen molar-refractivity contribution in [2.45, 2.75) is 13.0 Å². The van der Waals surface area contributed by atoms with E-state index in [1.807, 2.05) is 30.3 Å². The number of aromatic nitrogens is 3. The Morgan fingerprint density at radius 3 is 2.68 bits per heavy atom. The van der Waals surface area contributed by atoms with Gasteiger partial charge in [0.05, 0.1) is 6.54 Å². The van der Waals surface area contributed by atoms with Gasteiger partial charge in [-0.1, -0.05) is 52.8 Å². The Bertz CT molecular complexity index is 1090.